The Kier molecular flexibility index (Phi) is 5.82. The van der Waals surface area contributed by atoms with Crippen LogP contribution >= 0.6 is 11.8 Å². The van der Waals surface area contributed by atoms with E-state index in [1.165, 1.54) is 21.4 Å². The maximum atomic E-state index is 12.9. The zero-order valence-electron chi connectivity index (χ0n) is 18.1. The molecule has 1 amide bonds. The molecule has 0 bridgehead atoms. The Morgan fingerprint density at radius 1 is 0.969 bits per heavy atom. The highest BCUT2D eigenvalue weighted by Gasteiger charge is 2.32. The maximum Gasteiger partial charge on any atom is 0.239 e. The van der Waals surface area contributed by atoms with Gasteiger partial charge in [-0.3, -0.25) is 4.79 Å². The molecule has 2 heterocycles. The van der Waals surface area contributed by atoms with Crippen molar-refractivity contribution in [3.05, 3.63) is 102 Å². The van der Waals surface area contributed by atoms with Crippen LogP contribution in [0.2, 0.25) is 0 Å². The SMILES string of the molecule is C[n+]1ccc(CC2Sc3ccccc3N2CC(=O)NCc2ccccc2)c2ccccc21. The molecular weight excluding hydrogens is 414 g/mol. The molecule has 32 heavy (non-hydrogen) atoms. The summed E-state index contributed by atoms with van der Waals surface area (Å²) in [6.45, 7) is 0.896. The van der Waals surface area contributed by atoms with E-state index in [-0.39, 0.29) is 11.3 Å². The minimum absolute atomic E-state index is 0.0421. The van der Waals surface area contributed by atoms with Crippen molar-refractivity contribution in [1.29, 1.82) is 0 Å². The highest BCUT2D eigenvalue weighted by molar-refractivity contribution is 8.00. The summed E-state index contributed by atoms with van der Waals surface area (Å²) in [5.74, 6) is 0.0421. The summed E-state index contributed by atoms with van der Waals surface area (Å²) in [5.41, 5.74) is 4.77. The van der Waals surface area contributed by atoms with Gasteiger partial charge in [-0.05, 0) is 29.3 Å². The number of nitrogens with one attached hydrogen (secondary N) is 1. The number of para-hydroxylation sites is 2. The Morgan fingerprint density at radius 3 is 2.59 bits per heavy atom. The van der Waals surface area contributed by atoms with Crippen LogP contribution in [-0.2, 0) is 24.8 Å². The van der Waals surface area contributed by atoms with Crippen molar-refractivity contribution in [2.45, 2.75) is 23.2 Å². The second kappa shape index (κ2) is 9.05. The first-order valence-corrected chi connectivity index (χ1v) is 11.8. The molecule has 0 saturated carbocycles. The Balaban J connectivity index is 1.37. The van der Waals surface area contributed by atoms with Crippen molar-refractivity contribution < 1.29 is 9.36 Å². The average molecular weight is 441 g/mol. The van der Waals surface area contributed by atoms with Crippen molar-refractivity contribution in [3.8, 4) is 0 Å². The van der Waals surface area contributed by atoms with Crippen LogP contribution in [0.4, 0.5) is 5.69 Å². The summed E-state index contributed by atoms with van der Waals surface area (Å²) in [5, 5.41) is 4.52. The number of carbonyl (C=O) groups is 1. The van der Waals surface area contributed by atoms with Crippen molar-refractivity contribution in [2.75, 3.05) is 11.4 Å². The van der Waals surface area contributed by atoms with Gasteiger partial charge in [0, 0.05) is 35.4 Å². The standard InChI is InChI=1S/C27H25N3OS/c1-29-16-15-21(22-11-5-6-12-23(22)29)17-27-30(24-13-7-8-14-25(24)32-27)19-26(31)28-18-20-9-3-2-4-10-20/h2-16,27H,17-19H2,1H3/p+1. The molecule has 0 fully saturated rings. The third-order valence-corrected chi connectivity index (χ3v) is 7.25. The number of thioether (sulfide) groups is 1. The van der Waals surface area contributed by atoms with Crippen LogP contribution in [0.5, 0.6) is 0 Å². The molecule has 1 unspecified atom stereocenters. The molecule has 1 aliphatic rings. The predicted octanol–water partition coefficient (Wildman–Crippen LogP) is 4.46. The van der Waals surface area contributed by atoms with E-state index >= 15 is 0 Å². The summed E-state index contributed by atoms with van der Waals surface area (Å²) < 4.78 is 2.16. The predicted molar refractivity (Wildman–Crippen MR) is 131 cm³/mol. The molecule has 4 nitrogen and oxygen atoms in total. The maximum absolute atomic E-state index is 12.9. The molecule has 3 aromatic carbocycles. The van der Waals surface area contributed by atoms with Crippen molar-refractivity contribution >= 4 is 34.3 Å². The van der Waals surface area contributed by atoms with Gasteiger partial charge >= 0.3 is 0 Å². The first-order valence-electron chi connectivity index (χ1n) is 10.9. The average Bonchev–Trinajstić information content (AvgIpc) is 3.17. The first-order chi connectivity index (χ1) is 15.7. The van der Waals surface area contributed by atoms with Gasteiger partial charge in [0.1, 0.15) is 7.05 Å². The number of carbonyl (C=O) groups excluding carboxylic acids is 1. The van der Waals surface area contributed by atoms with Gasteiger partial charge in [0.25, 0.3) is 0 Å². The monoisotopic (exact) mass is 440 g/mol. The number of hydrogen-bond donors (Lipinski definition) is 1. The molecule has 5 heteroatoms. The Labute approximate surface area is 192 Å². The fourth-order valence-electron chi connectivity index (χ4n) is 4.30. The second-order valence-electron chi connectivity index (χ2n) is 8.10. The normalized spacial score (nSPS) is 15.0. The second-order valence-corrected chi connectivity index (χ2v) is 9.32. The van der Waals surface area contributed by atoms with Crippen LogP contribution in [-0.4, -0.2) is 17.8 Å². The zero-order chi connectivity index (χ0) is 21.9. The number of aryl methyl sites for hydroxylation is 1. The smallest absolute Gasteiger partial charge is 0.239 e. The molecule has 160 valence electrons. The third-order valence-electron chi connectivity index (χ3n) is 5.96. The Hall–Kier alpha value is -3.31. The van der Waals surface area contributed by atoms with Gasteiger partial charge in [0.15, 0.2) is 6.20 Å². The van der Waals surface area contributed by atoms with E-state index in [1.54, 1.807) is 0 Å². The van der Waals surface area contributed by atoms with Crippen LogP contribution in [0.15, 0.2) is 96.0 Å². The lowest BCUT2D eigenvalue weighted by Gasteiger charge is -2.26. The number of rotatable bonds is 6. The molecule has 5 rings (SSSR count). The first kappa shape index (κ1) is 20.6. The van der Waals surface area contributed by atoms with Gasteiger partial charge in [-0.25, -0.2) is 4.57 Å². The lowest BCUT2D eigenvalue weighted by atomic mass is 10.1. The zero-order valence-corrected chi connectivity index (χ0v) is 18.9. The fourth-order valence-corrected chi connectivity index (χ4v) is 5.63. The molecule has 1 atom stereocenters. The van der Waals surface area contributed by atoms with Gasteiger partial charge in [-0.2, -0.15) is 0 Å². The van der Waals surface area contributed by atoms with Crippen LogP contribution in [0.1, 0.15) is 11.1 Å². The quantitative estimate of drug-likeness (QED) is 0.450. The summed E-state index contributed by atoms with van der Waals surface area (Å²) in [4.78, 5) is 16.4. The van der Waals surface area contributed by atoms with Crippen LogP contribution in [0, 0.1) is 0 Å². The number of fused-ring (bicyclic) bond motifs is 2. The largest absolute Gasteiger partial charge is 0.350 e. The van der Waals surface area contributed by atoms with Gasteiger partial charge in [-0.15, -0.1) is 0 Å². The molecule has 0 saturated heterocycles. The topological polar surface area (TPSA) is 36.2 Å². The summed E-state index contributed by atoms with van der Waals surface area (Å²) in [6.07, 6.45) is 2.99. The molecule has 1 N–H and O–H groups in total. The van der Waals surface area contributed by atoms with Crippen LogP contribution < -0.4 is 14.8 Å². The number of benzene rings is 3. The number of pyridine rings is 1. The van der Waals surface area contributed by atoms with E-state index in [1.807, 2.05) is 42.1 Å². The summed E-state index contributed by atoms with van der Waals surface area (Å²) in [6, 6.07) is 29.2. The van der Waals surface area contributed by atoms with Crippen molar-refractivity contribution in [3.63, 3.8) is 0 Å². The fraction of sp³-hybridized carbons (Fsp3) is 0.185. The number of hydrogen-bond acceptors (Lipinski definition) is 3. The minimum Gasteiger partial charge on any atom is -0.350 e. The molecule has 1 aliphatic heterocycles. The molecular formula is C27H26N3OS+. The van der Waals surface area contributed by atoms with Gasteiger partial charge in [-0.1, -0.05) is 66.4 Å². The van der Waals surface area contributed by atoms with E-state index in [9.17, 15) is 4.79 Å². The summed E-state index contributed by atoms with van der Waals surface area (Å²) in [7, 11) is 2.08. The Bertz CT molecular complexity index is 1260. The van der Waals surface area contributed by atoms with Crippen molar-refractivity contribution in [1.82, 2.24) is 5.32 Å². The molecule has 0 radical (unpaired) electrons. The number of aromatic nitrogens is 1. The third kappa shape index (κ3) is 4.21. The number of nitrogens with zero attached hydrogens (tertiary/aromatic N) is 2. The van der Waals surface area contributed by atoms with Crippen molar-refractivity contribution in [2.24, 2.45) is 7.05 Å². The van der Waals surface area contributed by atoms with E-state index in [4.69, 9.17) is 0 Å². The Morgan fingerprint density at radius 2 is 1.72 bits per heavy atom. The number of anilines is 1. The van der Waals surface area contributed by atoms with E-state index in [0.29, 0.717) is 13.1 Å². The highest BCUT2D eigenvalue weighted by atomic mass is 32.2. The number of amides is 1. The molecule has 1 aromatic heterocycles. The molecule has 4 aromatic rings. The van der Waals surface area contributed by atoms with Gasteiger partial charge in [0.05, 0.1) is 17.6 Å². The van der Waals surface area contributed by atoms with E-state index in [2.05, 4.69) is 82.6 Å². The molecule has 0 aliphatic carbocycles. The van der Waals surface area contributed by atoms with Crippen LogP contribution in [0.25, 0.3) is 10.9 Å². The van der Waals surface area contributed by atoms with E-state index in [0.717, 1.165) is 17.7 Å². The summed E-state index contributed by atoms with van der Waals surface area (Å²) >= 11 is 1.85. The highest BCUT2D eigenvalue weighted by Crippen LogP contribution is 2.44. The van der Waals surface area contributed by atoms with Gasteiger partial charge in [0.2, 0.25) is 11.4 Å². The lowest BCUT2D eigenvalue weighted by molar-refractivity contribution is -0.644. The molecule has 0 spiro atoms. The van der Waals surface area contributed by atoms with Crippen LogP contribution in [0.3, 0.4) is 0 Å². The van der Waals surface area contributed by atoms with Gasteiger partial charge < -0.3 is 10.2 Å². The lowest BCUT2D eigenvalue weighted by Crippen LogP contribution is -2.40. The minimum atomic E-state index is 0.0421. The van der Waals surface area contributed by atoms with E-state index < -0.39 is 0 Å².